The average Bonchev–Trinajstić information content (AvgIpc) is 2.38. The fourth-order valence-electron chi connectivity index (χ4n) is 2.58. The fraction of sp³-hybridized carbons (Fsp3) is 0.857. The topological polar surface area (TPSA) is 81.4 Å². The number of unbranched alkanes of at least 4 members (excludes halogenated alkanes) is 1. The first-order chi connectivity index (χ1) is 9.13. The summed E-state index contributed by atoms with van der Waals surface area (Å²) in [6.45, 7) is 3.18. The molecule has 1 saturated carbocycles. The third-order valence-corrected chi connectivity index (χ3v) is 3.58. The summed E-state index contributed by atoms with van der Waals surface area (Å²) in [5, 5.41) is 3.46. The Bertz CT molecular complexity index is 294. The van der Waals surface area contributed by atoms with Crippen LogP contribution in [0, 0.1) is 5.92 Å². The zero-order valence-corrected chi connectivity index (χ0v) is 11.8. The first-order valence-electron chi connectivity index (χ1n) is 7.31. The highest BCUT2D eigenvalue weighted by atomic mass is 16.5. The Morgan fingerprint density at radius 1 is 1.32 bits per heavy atom. The van der Waals surface area contributed by atoms with Gasteiger partial charge in [0.25, 0.3) is 0 Å². The molecule has 1 aliphatic rings. The molecule has 0 aromatic carbocycles. The van der Waals surface area contributed by atoms with Gasteiger partial charge >= 0.3 is 5.97 Å². The summed E-state index contributed by atoms with van der Waals surface area (Å²) in [6.07, 6.45) is 6.24. The summed E-state index contributed by atoms with van der Waals surface area (Å²) in [4.78, 5) is 22.3. The molecule has 1 aliphatic carbocycles. The van der Waals surface area contributed by atoms with Crippen molar-refractivity contribution in [2.45, 2.75) is 57.9 Å². The minimum absolute atomic E-state index is 0.0526. The van der Waals surface area contributed by atoms with E-state index >= 15 is 0 Å². The highest BCUT2D eigenvalue weighted by molar-refractivity contribution is 5.73. The van der Waals surface area contributed by atoms with Crippen LogP contribution in [0.5, 0.6) is 0 Å². The van der Waals surface area contributed by atoms with Crippen LogP contribution in [0.25, 0.3) is 0 Å². The van der Waals surface area contributed by atoms with Crippen molar-refractivity contribution in [3.63, 3.8) is 0 Å². The van der Waals surface area contributed by atoms with Crippen molar-refractivity contribution < 1.29 is 14.3 Å². The lowest BCUT2D eigenvalue weighted by molar-refractivity contribution is -0.149. The van der Waals surface area contributed by atoms with Crippen molar-refractivity contribution in [3.8, 4) is 0 Å². The second-order valence-electron chi connectivity index (χ2n) is 5.19. The highest BCUT2D eigenvalue weighted by Gasteiger charge is 2.27. The first kappa shape index (κ1) is 16.0. The Morgan fingerprint density at radius 3 is 2.79 bits per heavy atom. The number of rotatable bonds is 8. The van der Waals surface area contributed by atoms with Gasteiger partial charge in [0, 0.05) is 12.5 Å². The Balaban J connectivity index is 2.16. The van der Waals surface area contributed by atoms with Crippen LogP contribution in [0.1, 0.15) is 51.9 Å². The zero-order chi connectivity index (χ0) is 14.1. The molecule has 0 saturated heterocycles. The molecule has 0 bridgehead atoms. The molecule has 110 valence electrons. The van der Waals surface area contributed by atoms with Gasteiger partial charge in [0.05, 0.1) is 12.5 Å². The summed E-state index contributed by atoms with van der Waals surface area (Å²) in [5.41, 5.74) is 5.09. The number of esters is 1. The first-order valence-corrected chi connectivity index (χ1v) is 7.31. The number of hydrogen-bond acceptors (Lipinski definition) is 4. The van der Waals surface area contributed by atoms with E-state index in [-0.39, 0.29) is 17.8 Å². The molecule has 1 amide bonds. The number of primary amides is 1. The SMILES string of the molecule is CCOC(=O)C1CCCC(NCCCCC(N)=O)C1. The van der Waals surface area contributed by atoms with Crippen LogP contribution in [-0.4, -0.2) is 31.1 Å². The largest absolute Gasteiger partial charge is 0.466 e. The number of carbonyl (C=O) groups excluding carboxylic acids is 2. The molecule has 0 aromatic rings. The van der Waals surface area contributed by atoms with Crippen molar-refractivity contribution in [3.05, 3.63) is 0 Å². The summed E-state index contributed by atoms with van der Waals surface area (Å²) < 4.78 is 5.08. The van der Waals surface area contributed by atoms with E-state index in [0.29, 0.717) is 19.1 Å². The minimum atomic E-state index is -0.236. The van der Waals surface area contributed by atoms with Crippen LogP contribution in [0.3, 0.4) is 0 Å². The maximum atomic E-state index is 11.7. The van der Waals surface area contributed by atoms with E-state index < -0.39 is 0 Å². The molecule has 0 aliphatic heterocycles. The second kappa shape index (κ2) is 8.91. The summed E-state index contributed by atoms with van der Waals surface area (Å²) in [6, 6.07) is 0.400. The van der Waals surface area contributed by atoms with Gasteiger partial charge in [-0.05, 0) is 45.6 Å². The van der Waals surface area contributed by atoms with Crippen molar-refractivity contribution in [2.75, 3.05) is 13.2 Å². The van der Waals surface area contributed by atoms with Gasteiger partial charge in [0.2, 0.25) is 5.91 Å². The number of ether oxygens (including phenoxy) is 1. The van der Waals surface area contributed by atoms with Crippen LogP contribution in [-0.2, 0) is 14.3 Å². The maximum Gasteiger partial charge on any atom is 0.308 e. The van der Waals surface area contributed by atoms with Crippen LogP contribution in [0.4, 0.5) is 0 Å². The van der Waals surface area contributed by atoms with Gasteiger partial charge in [-0.25, -0.2) is 0 Å². The normalized spacial score (nSPS) is 23.0. The van der Waals surface area contributed by atoms with E-state index in [2.05, 4.69) is 5.32 Å². The molecule has 2 unspecified atom stereocenters. The molecule has 1 rings (SSSR count). The Morgan fingerprint density at radius 2 is 2.11 bits per heavy atom. The third kappa shape index (κ3) is 6.57. The zero-order valence-electron chi connectivity index (χ0n) is 11.8. The monoisotopic (exact) mass is 270 g/mol. The Hall–Kier alpha value is -1.10. The average molecular weight is 270 g/mol. The quantitative estimate of drug-likeness (QED) is 0.515. The van der Waals surface area contributed by atoms with Crippen LogP contribution in [0.15, 0.2) is 0 Å². The molecule has 2 atom stereocenters. The Labute approximate surface area is 115 Å². The van der Waals surface area contributed by atoms with E-state index in [0.717, 1.165) is 45.1 Å². The molecular formula is C14H26N2O3. The van der Waals surface area contributed by atoms with Crippen molar-refractivity contribution in [1.29, 1.82) is 0 Å². The van der Waals surface area contributed by atoms with Crippen LogP contribution in [0.2, 0.25) is 0 Å². The van der Waals surface area contributed by atoms with E-state index in [9.17, 15) is 9.59 Å². The molecule has 0 heterocycles. The molecule has 0 spiro atoms. The molecule has 5 nitrogen and oxygen atoms in total. The van der Waals surface area contributed by atoms with Gasteiger partial charge in [-0.1, -0.05) is 6.42 Å². The smallest absolute Gasteiger partial charge is 0.308 e. The third-order valence-electron chi connectivity index (χ3n) is 3.58. The van der Waals surface area contributed by atoms with E-state index in [1.54, 1.807) is 0 Å². The van der Waals surface area contributed by atoms with Gasteiger partial charge in [0.15, 0.2) is 0 Å². The molecule has 1 fully saturated rings. The number of nitrogens with two attached hydrogens (primary N) is 1. The predicted molar refractivity (Wildman–Crippen MR) is 73.4 cm³/mol. The number of amides is 1. The van der Waals surface area contributed by atoms with Gasteiger partial charge in [-0.2, -0.15) is 0 Å². The minimum Gasteiger partial charge on any atom is -0.466 e. The van der Waals surface area contributed by atoms with Gasteiger partial charge < -0.3 is 15.8 Å². The van der Waals surface area contributed by atoms with E-state index in [1.807, 2.05) is 6.92 Å². The number of hydrogen-bond donors (Lipinski definition) is 2. The molecule has 0 aromatic heterocycles. The van der Waals surface area contributed by atoms with Gasteiger partial charge in [0.1, 0.15) is 0 Å². The van der Waals surface area contributed by atoms with E-state index in [4.69, 9.17) is 10.5 Å². The fourth-order valence-corrected chi connectivity index (χ4v) is 2.58. The van der Waals surface area contributed by atoms with Crippen molar-refractivity contribution >= 4 is 11.9 Å². The highest BCUT2D eigenvalue weighted by Crippen LogP contribution is 2.25. The van der Waals surface area contributed by atoms with Crippen LogP contribution >= 0.6 is 0 Å². The molecule has 19 heavy (non-hydrogen) atoms. The lowest BCUT2D eigenvalue weighted by Crippen LogP contribution is -2.37. The summed E-state index contributed by atoms with van der Waals surface area (Å²) >= 11 is 0. The molecular weight excluding hydrogens is 244 g/mol. The summed E-state index contributed by atoms with van der Waals surface area (Å²) in [5.74, 6) is -0.236. The van der Waals surface area contributed by atoms with Crippen LogP contribution < -0.4 is 11.1 Å². The lowest BCUT2D eigenvalue weighted by Gasteiger charge is -2.28. The maximum absolute atomic E-state index is 11.7. The number of nitrogens with one attached hydrogen (secondary N) is 1. The molecule has 5 heteroatoms. The predicted octanol–water partition coefficient (Wildman–Crippen LogP) is 1.35. The number of carbonyl (C=O) groups is 2. The van der Waals surface area contributed by atoms with Gasteiger partial charge in [-0.3, -0.25) is 9.59 Å². The second-order valence-corrected chi connectivity index (χ2v) is 5.19. The molecule has 0 radical (unpaired) electrons. The van der Waals surface area contributed by atoms with Gasteiger partial charge in [-0.15, -0.1) is 0 Å². The van der Waals surface area contributed by atoms with E-state index in [1.165, 1.54) is 0 Å². The lowest BCUT2D eigenvalue weighted by atomic mass is 9.85. The molecule has 3 N–H and O–H groups in total. The van der Waals surface area contributed by atoms with Crippen molar-refractivity contribution in [1.82, 2.24) is 5.32 Å². The van der Waals surface area contributed by atoms with Crippen molar-refractivity contribution in [2.24, 2.45) is 11.7 Å². The Kier molecular flexibility index (Phi) is 7.48. The standard InChI is InChI=1S/C14H26N2O3/c1-2-19-14(18)11-6-5-7-12(10-11)16-9-4-3-8-13(15)17/h11-12,16H,2-10H2,1H3,(H2,15,17). The summed E-state index contributed by atoms with van der Waals surface area (Å²) in [7, 11) is 0.